The van der Waals surface area contributed by atoms with E-state index >= 15 is 0 Å². The Morgan fingerprint density at radius 1 is 1.18 bits per heavy atom. The molecule has 1 saturated heterocycles. The largest absolute Gasteiger partial charge is 0.573 e. The Morgan fingerprint density at radius 2 is 1.91 bits per heavy atom. The van der Waals surface area contributed by atoms with Gasteiger partial charge in [-0.2, -0.15) is 0 Å². The molecule has 6 nitrogen and oxygen atoms in total. The fourth-order valence-corrected chi connectivity index (χ4v) is 4.46. The van der Waals surface area contributed by atoms with Gasteiger partial charge in [-0.25, -0.2) is 4.98 Å². The zero-order valence-corrected chi connectivity index (χ0v) is 19.4. The van der Waals surface area contributed by atoms with Gasteiger partial charge in [-0.1, -0.05) is 30.3 Å². The number of piperidine rings is 1. The molecule has 1 aliphatic heterocycles. The van der Waals surface area contributed by atoms with Crippen molar-refractivity contribution in [3.05, 3.63) is 54.2 Å². The first-order valence-electron chi connectivity index (χ1n) is 11.5. The van der Waals surface area contributed by atoms with Crippen LogP contribution in [-0.4, -0.2) is 46.9 Å². The van der Waals surface area contributed by atoms with Crippen LogP contribution in [0.4, 0.5) is 13.2 Å². The average Bonchev–Trinajstić information content (AvgIpc) is 3.54. The van der Waals surface area contributed by atoms with Crippen LogP contribution >= 0.6 is 0 Å². The minimum Gasteiger partial charge on any atom is -0.474 e. The molecule has 9 heteroatoms. The number of likely N-dealkylation sites (tertiary alicyclic amines) is 1. The second kappa shape index (κ2) is 9.44. The van der Waals surface area contributed by atoms with Crippen LogP contribution in [0.25, 0.3) is 0 Å². The number of benzene rings is 1. The smallest absolute Gasteiger partial charge is 0.474 e. The Kier molecular flexibility index (Phi) is 6.75. The monoisotopic (exact) mass is 477 g/mol. The van der Waals surface area contributed by atoms with E-state index in [9.17, 15) is 18.0 Å². The minimum atomic E-state index is -4.86. The predicted octanol–water partition coefficient (Wildman–Crippen LogP) is 4.70. The first kappa shape index (κ1) is 24.3. The molecular weight excluding hydrogens is 447 g/mol. The predicted molar refractivity (Wildman–Crippen MR) is 120 cm³/mol. The van der Waals surface area contributed by atoms with Gasteiger partial charge in [0.15, 0.2) is 5.75 Å². The van der Waals surface area contributed by atoms with Crippen molar-refractivity contribution in [1.82, 2.24) is 15.2 Å². The van der Waals surface area contributed by atoms with E-state index in [0.717, 1.165) is 44.8 Å². The van der Waals surface area contributed by atoms with Crippen molar-refractivity contribution in [3.63, 3.8) is 0 Å². The number of hydrogen-bond acceptors (Lipinski definition) is 5. The molecule has 1 aromatic heterocycles. The molecule has 1 aromatic carbocycles. The number of pyridine rings is 1. The van der Waals surface area contributed by atoms with Gasteiger partial charge in [0, 0.05) is 30.9 Å². The van der Waals surface area contributed by atoms with Gasteiger partial charge in [-0.3, -0.25) is 9.69 Å². The Balaban J connectivity index is 1.32. The number of ether oxygens (including phenoxy) is 2. The van der Waals surface area contributed by atoms with Crippen molar-refractivity contribution in [3.8, 4) is 11.6 Å². The third-order valence-corrected chi connectivity index (χ3v) is 6.57. The number of rotatable bonds is 8. The van der Waals surface area contributed by atoms with Gasteiger partial charge in [0.25, 0.3) is 5.88 Å². The number of carbonyl (C=O) groups is 1. The molecule has 0 radical (unpaired) electrons. The van der Waals surface area contributed by atoms with Gasteiger partial charge >= 0.3 is 6.36 Å². The standard InChI is InChI=1S/C25H30F3N3O3/c1-23(2,17-33-21-20(9-6-13-29-21)34-25(26,27)28)22(32)30-19-10-14-31(24(15-19)11-12-24)16-18-7-4-3-5-8-18/h3-9,13,19H,10-12,14-17H2,1-2H3,(H,30,32). The number of halogens is 3. The van der Waals surface area contributed by atoms with Crippen LogP contribution < -0.4 is 14.8 Å². The molecule has 4 rings (SSSR count). The Morgan fingerprint density at radius 3 is 2.59 bits per heavy atom. The summed E-state index contributed by atoms with van der Waals surface area (Å²) >= 11 is 0. The molecule has 1 aliphatic carbocycles. The van der Waals surface area contributed by atoms with E-state index in [1.165, 1.54) is 17.8 Å². The highest BCUT2D eigenvalue weighted by Crippen LogP contribution is 2.49. The molecule has 2 aliphatic rings. The Hall–Kier alpha value is -2.81. The van der Waals surface area contributed by atoms with Gasteiger partial charge in [0.2, 0.25) is 5.91 Å². The molecule has 1 amide bonds. The van der Waals surface area contributed by atoms with E-state index in [1.54, 1.807) is 13.8 Å². The lowest BCUT2D eigenvalue weighted by atomic mass is 9.90. The molecule has 1 spiro atoms. The fourth-order valence-electron chi connectivity index (χ4n) is 4.46. The molecule has 2 heterocycles. The molecule has 1 atom stereocenters. The van der Waals surface area contributed by atoms with Crippen molar-refractivity contribution in [1.29, 1.82) is 0 Å². The number of amides is 1. The van der Waals surface area contributed by atoms with E-state index in [0.29, 0.717) is 0 Å². The van der Waals surface area contributed by atoms with Gasteiger partial charge in [0.1, 0.15) is 6.61 Å². The normalized spacial score (nSPS) is 20.1. The van der Waals surface area contributed by atoms with Crippen LogP contribution in [0, 0.1) is 5.41 Å². The van der Waals surface area contributed by atoms with E-state index in [1.807, 2.05) is 6.07 Å². The van der Waals surface area contributed by atoms with Crippen molar-refractivity contribution in [2.45, 2.75) is 64.0 Å². The van der Waals surface area contributed by atoms with Gasteiger partial charge in [-0.05, 0) is 57.2 Å². The van der Waals surface area contributed by atoms with E-state index < -0.39 is 17.5 Å². The summed E-state index contributed by atoms with van der Waals surface area (Å²) in [7, 11) is 0. The van der Waals surface area contributed by atoms with E-state index in [-0.39, 0.29) is 30.0 Å². The maximum atomic E-state index is 13.0. The minimum absolute atomic E-state index is 0.0558. The zero-order chi connectivity index (χ0) is 24.4. The number of alkyl halides is 3. The first-order chi connectivity index (χ1) is 16.1. The van der Waals surface area contributed by atoms with Crippen LogP contribution in [0.3, 0.4) is 0 Å². The topological polar surface area (TPSA) is 63.7 Å². The number of hydrogen-bond donors (Lipinski definition) is 1. The highest BCUT2D eigenvalue weighted by atomic mass is 19.4. The number of nitrogens with one attached hydrogen (secondary N) is 1. The molecule has 2 aromatic rings. The van der Waals surface area contributed by atoms with Gasteiger partial charge in [0.05, 0.1) is 5.41 Å². The third kappa shape index (κ3) is 6.00. The summed E-state index contributed by atoms with van der Waals surface area (Å²) in [5.74, 6) is -1.03. The summed E-state index contributed by atoms with van der Waals surface area (Å²) in [4.78, 5) is 19.4. The van der Waals surface area contributed by atoms with Crippen molar-refractivity contribution >= 4 is 5.91 Å². The lowest BCUT2D eigenvalue weighted by Crippen LogP contribution is -2.53. The zero-order valence-electron chi connectivity index (χ0n) is 19.4. The summed E-state index contributed by atoms with van der Waals surface area (Å²) in [5, 5.41) is 3.15. The number of carbonyl (C=O) groups excluding carboxylic acids is 1. The molecule has 34 heavy (non-hydrogen) atoms. The van der Waals surface area contributed by atoms with Gasteiger partial charge in [-0.15, -0.1) is 13.2 Å². The summed E-state index contributed by atoms with van der Waals surface area (Å²) in [6.45, 7) is 5.08. The van der Waals surface area contributed by atoms with E-state index in [4.69, 9.17) is 4.74 Å². The lowest BCUT2D eigenvalue weighted by Gasteiger charge is -2.41. The van der Waals surface area contributed by atoms with Crippen LogP contribution in [0.15, 0.2) is 48.7 Å². The first-order valence-corrected chi connectivity index (χ1v) is 11.5. The van der Waals surface area contributed by atoms with E-state index in [2.05, 4.69) is 44.2 Å². The Labute approximate surface area is 197 Å². The van der Waals surface area contributed by atoms with Crippen LogP contribution in [0.2, 0.25) is 0 Å². The number of aromatic nitrogens is 1. The quantitative estimate of drug-likeness (QED) is 0.597. The molecule has 1 N–H and O–H groups in total. The fraction of sp³-hybridized carbons (Fsp3) is 0.520. The van der Waals surface area contributed by atoms with Crippen molar-refractivity contribution in [2.24, 2.45) is 5.41 Å². The second-order valence-corrected chi connectivity index (χ2v) is 9.82. The molecular formula is C25H30F3N3O3. The summed E-state index contributed by atoms with van der Waals surface area (Å²) < 4.78 is 47.3. The van der Waals surface area contributed by atoms with Crippen LogP contribution in [-0.2, 0) is 11.3 Å². The number of nitrogens with zero attached hydrogens (tertiary/aromatic N) is 2. The molecule has 1 unspecified atom stereocenters. The molecule has 0 bridgehead atoms. The Bertz CT molecular complexity index is 994. The lowest BCUT2D eigenvalue weighted by molar-refractivity contribution is -0.275. The molecule has 184 valence electrons. The highest BCUT2D eigenvalue weighted by Gasteiger charge is 2.51. The average molecular weight is 478 g/mol. The van der Waals surface area contributed by atoms with Gasteiger partial charge < -0.3 is 14.8 Å². The maximum Gasteiger partial charge on any atom is 0.573 e. The highest BCUT2D eigenvalue weighted by molar-refractivity contribution is 5.82. The third-order valence-electron chi connectivity index (χ3n) is 6.57. The maximum absolute atomic E-state index is 13.0. The van der Waals surface area contributed by atoms with Crippen LogP contribution in [0.5, 0.6) is 11.6 Å². The second-order valence-electron chi connectivity index (χ2n) is 9.82. The molecule has 1 saturated carbocycles. The summed E-state index contributed by atoms with van der Waals surface area (Å²) in [6.07, 6.45) is 0.445. The SMILES string of the molecule is CC(C)(COc1ncccc1OC(F)(F)F)C(=O)NC1CCN(Cc2ccccc2)C2(CC2)C1. The summed E-state index contributed by atoms with van der Waals surface area (Å²) in [6, 6.07) is 12.9. The summed E-state index contributed by atoms with van der Waals surface area (Å²) in [5.41, 5.74) is 0.466. The van der Waals surface area contributed by atoms with Crippen molar-refractivity contribution < 1.29 is 27.4 Å². The van der Waals surface area contributed by atoms with Crippen LogP contribution in [0.1, 0.15) is 45.1 Å². The van der Waals surface area contributed by atoms with Crippen molar-refractivity contribution in [2.75, 3.05) is 13.2 Å². The molecule has 2 fully saturated rings.